The molecule has 0 saturated heterocycles. The van der Waals surface area contributed by atoms with Crippen LogP contribution in [0, 0.1) is 11.3 Å². The number of hydrogen-bond donors (Lipinski definition) is 2. The third-order valence-electron chi connectivity index (χ3n) is 4.57. The Morgan fingerprint density at radius 3 is 2.58 bits per heavy atom. The van der Waals surface area contributed by atoms with E-state index in [1.54, 1.807) is 49.1 Å². The molecule has 3 rings (SSSR count). The quantitative estimate of drug-likeness (QED) is 0.879. The van der Waals surface area contributed by atoms with Crippen molar-refractivity contribution in [2.75, 3.05) is 11.4 Å². The normalized spacial score (nSPS) is 20.4. The van der Waals surface area contributed by atoms with Crippen LogP contribution in [0.2, 0.25) is 0 Å². The van der Waals surface area contributed by atoms with Gasteiger partial charge in [0.2, 0.25) is 0 Å². The predicted octanol–water partition coefficient (Wildman–Crippen LogP) is 2.72. The number of anilines is 1. The smallest absolute Gasteiger partial charge is 0.323 e. The van der Waals surface area contributed by atoms with Crippen LogP contribution in [0.25, 0.3) is 0 Å². The summed E-state index contributed by atoms with van der Waals surface area (Å²) in [7, 11) is 0. The van der Waals surface area contributed by atoms with E-state index < -0.39 is 23.7 Å². The summed E-state index contributed by atoms with van der Waals surface area (Å²) in [4.78, 5) is 13.2. The van der Waals surface area contributed by atoms with Crippen molar-refractivity contribution in [3.63, 3.8) is 0 Å². The van der Waals surface area contributed by atoms with Gasteiger partial charge in [0.1, 0.15) is 24.0 Å². The Morgan fingerprint density at radius 2 is 1.96 bits per heavy atom. The van der Waals surface area contributed by atoms with Gasteiger partial charge in [0.05, 0.1) is 17.7 Å². The standard InChI is InChI=1S/C20H20N2O4/c1-20(2)19(25)18(15-10-13(11-21)8-9-16(15)26-20)22(12-17(23)24)14-6-4-3-5-7-14/h3-10,18-19,25H,12H2,1-2H3,(H,23,24). The minimum Gasteiger partial charge on any atom is -0.485 e. The van der Waals surface area contributed by atoms with Gasteiger partial charge < -0.3 is 19.8 Å². The van der Waals surface area contributed by atoms with Crippen LogP contribution in [-0.4, -0.2) is 34.4 Å². The fraction of sp³-hybridized carbons (Fsp3) is 0.300. The van der Waals surface area contributed by atoms with Crippen LogP contribution in [0.4, 0.5) is 5.69 Å². The number of carboxylic acids is 1. The molecule has 2 aromatic rings. The van der Waals surface area contributed by atoms with E-state index in [9.17, 15) is 20.3 Å². The number of aliphatic carboxylic acids is 1. The third-order valence-corrected chi connectivity index (χ3v) is 4.57. The average molecular weight is 352 g/mol. The number of fused-ring (bicyclic) bond motifs is 1. The Bertz CT molecular complexity index is 858. The third kappa shape index (κ3) is 3.22. The first kappa shape index (κ1) is 17.8. The molecule has 2 N–H and O–H groups in total. The Kier molecular flexibility index (Phi) is 4.58. The van der Waals surface area contributed by atoms with E-state index in [-0.39, 0.29) is 6.54 Å². The molecule has 0 bridgehead atoms. The first-order valence-electron chi connectivity index (χ1n) is 8.28. The largest absolute Gasteiger partial charge is 0.485 e. The van der Waals surface area contributed by atoms with Gasteiger partial charge in [-0.05, 0) is 44.2 Å². The van der Waals surface area contributed by atoms with Gasteiger partial charge in [-0.1, -0.05) is 18.2 Å². The van der Waals surface area contributed by atoms with Gasteiger partial charge in [0.25, 0.3) is 0 Å². The Hall–Kier alpha value is -3.04. The number of aliphatic hydroxyl groups excluding tert-OH is 1. The Balaban J connectivity index is 2.18. The average Bonchev–Trinajstić information content (AvgIpc) is 2.61. The maximum atomic E-state index is 11.5. The molecular weight excluding hydrogens is 332 g/mol. The molecule has 1 heterocycles. The lowest BCUT2D eigenvalue weighted by molar-refractivity contribution is -0.135. The summed E-state index contributed by atoms with van der Waals surface area (Å²) in [6.07, 6.45) is -0.997. The van der Waals surface area contributed by atoms with Crippen LogP contribution in [0.3, 0.4) is 0 Å². The maximum Gasteiger partial charge on any atom is 0.323 e. The van der Waals surface area contributed by atoms with Crippen LogP contribution >= 0.6 is 0 Å². The van der Waals surface area contributed by atoms with Crippen molar-refractivity contribution < 1.29 is 19.7 Å². The summed E-state index contributed by atoms with van der Waals surface area (Å²) >= 11 is 0. The first-order chi connectivity index (χ1) is 12.3. The zero-order chi connectivity index (χ0) is 18.9. The topological polar surface area (TPSA) is 93.8 Å². The number of aliphatic hydroxyl groups is 1. The van der Waals surface area contributed by atoms with E-state index in [1.165, 1.54) is 0 Å². The number of nitrogens with zero attached hydrogens (tertiary/aromatic N) is 2. The molecule has 0 spiro atoms. The molecule has 0 aliphatic carbocycles. The van der Waals surface area contributed by atoms with E-state index in [4.69, 9.17) is 4.74 Å². The fourth-order valence-electron chi connectivity index (χ4n) is 3.29. The van der Waals surface area contributed by atoms with Gasteiger partial charge in [-0.2, -0.15) is 5.26 Å². The van der Waals surface area contributed by atoms with E-state index in [1.807, 2.05) is 18.2 Å². The zero-order valence-electron chi connectivity index (χ0n) is 14.6. The second kappa shape index (κ2) is 6.70. The van der Waals surface area contributed by atoms with Crippen LogP contribution in [-0.2, 0) is 4.79 Å². The molecule has 6 nitrogen and oxygen atoms in total. The number of hydrogen-bond acceptors (Lipinski definition) is 5. The SMILES string of the molecule is CC1(C)Oc2ccc(C#N)cc2C(N(CC(=O)O)c2ccccc2)C1O. The fourth-order valence-corrected chi connectivity index (χ4v) is 3.29. The van der Waals surface area contributed by atoms with Gasteiger partial charge in [-0.25, -0.2) is 0 Å². The molecule has 1 aliphatic rings. The first-order valence-corrected chi connectivity index (χ1v) is 8.28. The molecule has 6 heteroatoms. The molecule has 134 valence electrons. The van der Waals surface area contributed by atoms with Crippen molar-refractivity contribution in [3.8, 4) is 11.8 Å². The molecule has 0 aromatic heterocycles. The number of rotatable bonds is 4. The number of para-hydroxylation sites is 1. The van der Waals surface area contributed by atoms with Crippen molar-refractivity contribution >= 4 is 11.7 Å². The number of nitriles is 1. The zero-order valence-corrected chi connectivity index (χ0v) is 14.6. The Morgan fingerprint density at radius 1 is 1.27 bits per heavy atom. The maximum absolute atomic E-state index is 11.5. The molecule has 1 aliphatic heterocycles. The molecule has 0 fully saturated rings. The summed E-state index contributed by atoms with van der Waals surface area (Å²) in [5, 5.41) is 29.7. The second-order valence-corrected chi connectivity index (χ2v) is 6.82. The summed E-state index contributed by atoms with van der Waals surface area (Å²) < 4.78 is 5.92. The van der Waals surface area contributed by atoms with Gasteiger partial charge in [-0.15, -0.1) is 0 Å². The molecule has 0 amide bonds. The number of carbonyl (C=O) groups is 1. The van der Waals surface area contributed by atoms with E-state index in [0.29, 0.717) is 22.6 Å². The Labute approximate surface area is 151 Å². The van der Waals surface area contributed by atoms with E-state index in [2.05, 4.69) is 6.07 Å². The van der Waals surface area contributed by atoms with Crippen molar-refractivity contribution in [1.29, 1.82) is 5.26 Å². The van der Waals surface area contributed by atoms with Crippen molar-refractivity contribution in [1.82, 2.24) is 0 Å². The number of ether oxygens (including phenoxy) is 1. The van der Waals surface area contributed by atoms with Crippen LogP contribution in [0.15, 0.2) is 48.5 Å². The minimum atomic E-state index is -1.01. The van der Waals surface area contributed by atoms with Gasteiger partial charge in [0, 0.05) is 11.3 Å². The summed E-state index contributed by atoms with van der Waals surface area (Å²) in [6, 6.07) is 15.5. The molecule has 2 unspecified atom stereocenters. The summed E-state index contributed by atoms with van der Waals surface area (Å²) in [5.41, 5.74) is 0.774. The molecular formula is C20H20N2O4. The van der Waals surface area contributed by atoms with Gasteiger partial charge >= 0.3 is 5.97 Å². The molecule has 26 heavy (non-hydrogen) atoms. The molecule has 2 aromatic carbocycles. The van der Waals surface area contributed by atoms with Crippen LogP contribution in [0.1, 0.15) is 31.0 Å². The highest BCUT2D eigenvalue weighted by atomic mass is 16.5. The minimum absolute atomic E-state index is 0.294. The van der Waals surface area contributed by atoms with Crippen molar-refractivity contribution in [2.24, 2.45) is 0 Å². The van der Waals surface area contributed by atoms with E-state index >= 15 is 0 Å². The van der Waals surface area contributed by atoms with Gasteiger partial charge in [0.15, 0.2) is 0 Å². The highest BCUT2D eigenvalue weighted by Gasteiger charge is 2.46. The summed E-state index contributed by atoms with van der Waals surface area (Å²) in [5.74, 6) is -0.473. The lowest BCUT2D eigenvalue weighted by Crippen LogP contribution is -2.54. The number of benzene rings is 2. The second-order valence-electron chi connectivity index (χ2n) is 6.82. The summed E-state index contributed by atoms with van der Waals surface area (Å²) in [6.45, 7) is 3.23. The van der Waals surface area contributed by atoms with Crippen LogP contribution < -0.4 is 9.64 Å². The van der Waals surface area contributed by atoms with E-state index in [0.717, 1.165) is 0 Å². The van der Waals surface area contributed by atoms with Crippen molar-refractivity contribution in [2.45, 2.75) is 31.6 Å². The molecule has 0 radical (unpaired) electrons. The van der Waals surface area contributed by atoms with Crippen molar-refractivity contribution in [3.05, 3.63) is 59.7 Å². The lowest BCUT2D eigenvalue weighted by Gasteiger charge is -2.46. The highest BCUT2D eigenvalue weighted by Crippen LogP contribution is 2.44. The van der Waals surface area contributed by atoms with Gasteiger partial charge in [-0.3, -0.25) is 4.79 Å². The highest BCUT2D eigenvalue weighted by molar-refractivity contribution is 5.74. The number of carboxylic acid groups (broad SMARTS) is 1. The van der Waals surface area contributed by atoms with Crippen LogP contribution in [0.5, 0.6) is 5.75 Å². The predicted molar refractivity (Wildman–Crippen MR) is 96.0 cm³/mol. The molecule has 0 saturated carbocycles. The molecule has 2 atom stereocenters. The monoisotopic (exact) mass is 352 g/mol. The lowest BCUT2D eigenvalue weighted by atomic mass is 9.84.